The zero-order valence-corrected chi connectivity index (χ0v) is 9.40. The van der Waals surface area contributed by atoms with Gasteiger partial charge in [0.05, 0.1) is 17.9 Å². The number of hydrogen-bond donors (Lipinski definition) is 0. The van der Waals surface area contributed by atoms with Gasteiger partial charge < -0.3 is 4.90 Å². The van der Waals surface area contributed by atoms with Crippen molar-refractivity contribution in [3.63, 3.8) is 0 Å². The van der Waals surface area contributed by atoms with Crippen LogP contribution in [0.5, 0.6) is 0 Å². The van der Waals surface area contributed by atoms with Crippen LogP contribution in [-0.2, 0) is 0 Å². The Bertz CT molecular complexity index is 427. The number of rotatable bonds is 2. The third kappa shape index (κ3) is 1.95. The predicted octanol–water partition coefficient (Wildman–Crippen LogP) is 1.61. The lowest BCUT2D eigenvalue weighted by Gasteiger charge is -2.24. The van der Waals surface area contributed by atoms with Crippen LogP contribution in [0.3, 0.4) is 0 Å². The molecule has 0 saturated carbocycles. The maximum absolute atomic E-state index is 4.39. The van der Waals surface area contributed by atoms with Crippen molar-refractivity contribution in [1.29, 1.82) is 0 Å². The lowest BCUT2D eigenvalue weighted by Crippen LogP contribution is -2.24. The van der Waals surface area contributed by atoms with E-state index in [4.69, 9.17) is 0 Å². The van der Waals surface area contributed by atoms with Crippen molar-refractivity contribution in [2.75, 3.05) is 11.4 Å². The van der Waals surface area contributed by atoms with Crippen LogP contribution in [0.4, 0.5) is 5.82 Å². The van der Waals surface area contributed by atoms with E-state index in [9.17, 15) is 0 Å². The molecule has 0 amide bonds. The Balaban J connectivity index is 1.91. The molecule has 2 aromatic rings. The smallest absolute Gasteiger partial charge is 0.132 e. The highest BCUT2D eigenvalue weighted by atomic mass is 15.2. The molecule has 0 aliphatic carbocycles. The van der Waals surface area contributed by atoms with Crippen LogP contribution in [0.2, 0.25) is 0 Å². The minimum Gasteiger partial charge on any atom is -0.348 e. The van der Waals surface area contributed by atoms with Gasteiger partial charge in [0, 0.05) is 25.1 Å². The summed E-state index contributed by atoms with van der Waals surface area (Å²) in [5, 5.41) is 0. The largest absolute Gasteiger partial charge is 0.348 e. The quantitative estimate of drug-likeness (QED) is 0.780. The Labute approximate surface area is 99.6 Å². The van der Waals surface area contributed by atoms with Crippen LogP contribution < -0.4 is 4.90 Å². The average Bonchev–Trinajstić information content (AvgIpc) is 2.90. The van der Waals surface area contributed by atoms with Gasteiger partial charge in [0.2, 0.25) is 0 Å². The number of nitrogens with zero attached hydrogens (tertiary/aromatic N) is 5. The topological polar surface area (TPSA) is 54.8 Å². The van der Waals surface area contributed by atoms with Gasteiger partial charge in [-0.05, 0) is 18.9 Å². The van der Waals surface area contributed by atoms with Gasteiger partial charge in [0.1, 0.15) is 12.1 Å². The van der Waals surface area contributed by atoms with E-state index in [1.54, 1.807) is 24.9 Å². The van der Waals surface area contributed by atoms with Gasteiger partial charge in [0.15, 0.2) is 0 Å². The van der Waals surface area contributed by atoms with Gasteiger partial charge in [-0.25, -0.2) is 9.97 Å². The molecule has 1 atom stereocenters. The first-order chi connectivity index (χ1) is 8.45. The molecule has 0 spiro atoms. The zero-order valence-electron chi connectivity index (χ0n) is 9.40. The summed E-state index contributed by atoms with van der Waals surface area (Å²) >= 11 is 0. The first-order valence-corrected chi connectivity index (χ1v) is 5.74. The van der Waals surface area contributed by atoms with Crippen LogP contribution in [0, 0.1) is 0 Å². The van der Waals surface area contributed by atoms with Crippen LogP contribution in [-0.4, -0.2) is 26.5 Å². The molecule has 17 heavy (non-hydrogen) atoms. The van der Waals surface area contributed by atoms with E-state index in [2.05, 4.69) is 24.8 Å². The summed E-state index contributed by atoms with van der Waals surface area (Å²) in [6.07, 6.45) is 10.9. The summed E-state index contributed by atoms with van der Waals surface area (Å²) in [7, 11) is 0. The number of hydrogen-bond acceptors (Lipinski definition) is 5. The molecule has 0 bridgehead atoms. The fraction of sp³-hybridized carbons (Fsp3) is 0.333. The van der Waals surface area contributed by atoms with Gasteiger partial charge in [-0.2, -0.15) is 0 Å². The monoisotopic (exact) mass is 227 g/mol. The second-order valence-electron chi connectivity index (χ2n) is 4.05. The maximum Gasteiger partial charge on any atom is 0.132 e. The Morgan fingerprint density at radius 3 is 2.88 bits per heavy atom. The van der Waals surface area contributed by atoms with Crippen molar-refractivity contribution < 1.29 is 0 Å². The molecule has 0 N–H and O–H groups in total. The molecule has 1 aliphatic heterocycles. The Kier molecular flexibility index (Phi) is 2.65. The SMILES string of the molecule is c1cc(N2CCC[C@H]2c2cnccn2)ncn1. The van der Waals surface area contributed by atoms with Crippen molar-refractivity contribution in [1.82, 2.24) is 19.9 Å². The highest BCUT2D eigenvalue weighted by molar-refractivity contribution is 5.41. The number of aromatic nitrogens is 4. The summed E-state index contributed by atoms with van der Waals surface area (Å²) in [5.74, 6) is 0.966. The first-order valence-electron chi connectivity index (χ1n) is 5.74. The molecule has 3 heterocycles. The Morgan fingerprint density at radius 1 is 1.12 bits per heavy atom. The van der Waals surface area contributed by atoms with Crippen LogP contribution in [0.25, 0.3) is 0 Å². The number of anilines is 1. The molecule has 5 nitrogen and oxygen atoms in total. The molecule has 86 valence electrons. The maximum atomic E-state index is 4.39. The lowest BCUT2D eigenvalue weighted by atomic mass is 10.1. The third-order valence-electron chi connectivity index (χ3n) is 3.04. The standard InChI is InChI=1S/C12H13N5/c1-2-11(10-8-13-5-6-15-10)17(7-1)12-3-4-14-9-16-12/h3-6,8-9,11H,1-2,7H2/t11-/m0/s1. The summed E-state index contributed by atoms with van der Waals surface area (Å²) in [4.78, 5) is 19.0. The minimum atomic E-state index is 0.290. The van der Waals surface area contributed by atoms with Crippen molar-refractivity contribution in [3.05, 3.63) is 42.9 Å². The fourth-order valence-corrected chi connectivity index (χ4v) is 2.28. The first kappa shape index (κ1) is 10.1. The fourth-order valence-electron chi connectivity index (χ4n) is 2.28. The molecule has 1 fully saturated rings. The molecule has 3 rings (SSSR count). The second-order valence-corrected chi connectivity index (χ2v) is 4.05. The van der Waals surface area contributed by atoms with Crippen molar-refractivity contribution in [2.24, 2.45) is 0 Å². The molecule has 0 aromatic carbocycles. The zero-order chi connectivity index (χ0) is 11.5. The van der Waals surface area contributed by atoms with E-state index in [-0.39, 0.29) is 0 Å². The van der Waals surface area contributed by atoms with Crippen LogP contribution >= 0.6 is 0 Å². The van der Waals surface area contributed by atoms with E-state index in [1.807, 2.05) is 12.3 Å². The summed E-state index contributed by atoms with van der Waals surface area (Å²) in [5.41, 5.74) is 1.02. The van der Waals surface area contributed by atoms with Crippen molar-refractivity contribution >= 4 is 5.82 Å². The van der Waals surface area contributed by atoms with E-state index in [1.165, 1.54) is 0 Å². The van der Waals surface area contributed by atoms with E-state index in [0.29, 0.717) is 6.04 Å². The van der Waals surface area contributed by atoms with E-state index >= 15 is 0 Å². The molecule has 0 unspecified atom stereocenters. The van der Waals surface area contributed by atoms with E-state index in [0.717, 1.165) is 30.9 Å². The molecule has 0 radical (unpaired) electrons. The summed E-state index contributed by atoms with van der Waals surface area (Å²) < 4.78 is 0. The van der Waals surface area contributed by atoms with Gasteiger partial charge in [-0.3, -0.25) is 9.97 Å². The molecule has 1 saturated heterocycles. The Morgan fingerprint density at radius 2 is 2.12 bits per heavy atom. The second kappa shape index (κ2) is 4.45. The van der Waals surface area contributed by atoms with Crippen molar-refractivity contribution in [2.45, 2.75) is 18.9 Å². The van der Waals surface area contributed by atoms with Crippen molar-refractivity contribution in [3.8, 4) is 0 Å². The Hall–Kier alpha value is -2.04. The minimum absolute atomic E-state index is 0.290. The predicted molar refractivity (Wildman–Crippen MR) is 63.4 cm³/mol. The van der Waals surface area contributed by atoms with Gasteiger partial charge >= 0.3 is 0 Å². The molecular formula is C12H13N5. The molecule has 1 aliphatic rings. The van der Waals surface area contributed by atoms with Gasteiger partial charge in [0.25, 0.3) is 0 Å². The summed E-state index contributed by atoms with van der Waals surface area (Å²) in [6.45, 7) is 1.01. The van der Waals surface area contributed by atoms with Crippen LogP contribution in [0.15, 0.2) is 37.2 Å². The lowest BCUT2D eigenvalue weighted by molar-refractivity contribution is 0.682. The normalized spacial score (nSPS) is 19.5. The summed E-state index contributed by atoms with van der Waals surface area (Å²) in [6, 6.07) is 2.23. The third-order valence-corrected chi connectivity index (χ3v) is 3.04. The highest BCUT2D eigenvalue weighted by Gasteiger charge is 2.27. The van der Waals surface area contributed by atoms with Gasteiger partial charge in [-0.15, -0.1) is 0 Å². The molecule has 5 heteroatoms. The van der Waals surface area contributed by atoms with E-state index < -0.39 is 0 Å². The molecular weight excluding hydrogens is 214 g/mol. The average molecular weight is 227 g/mol. The van der Waals surface area contributed by atoms with Crippen LogP contribution in [0.1, 0.15) is 24.6 Å². The van der Waals surface area contributed by atoms with Gasteiger partial charge in [-0.1, -0.05) is 0 Å². The highest BCUT2D eigenvalue weighted by Crippen LogP contribution is 2.33. The molecule has 2 aromatic heterocycles.